The predicted molar refractivity (Wildman–Crippen MR) is 133 cm³/mol. The third-order valence-electron chi connectivity index (χ3n) is 6.07. The molecular weight excluding hydrogens is 462 g/mol. The predicted octanol–water partition coefficient (Wildman–Crippen LogP) is 2.72. The summed E-state index contributed by atoms with van der Waals surface area (Å²) in [6, 6.07) is 14.9. The highest BCUT2D eigenvalue weighted by Gasteiger charge is 2.27. The molecule has 1 fully saturated rings. The quantitative estimate of drug-likeness (QED) is 0.388. The zero-order valence-corrected chi connectivity index (χ0v) is 19.6. The number of amides is 1. The summed E-state index contributed by atoms with van der Waals surface area (Å²) in [7, 11) is 0. The highest BCUT2D eigenvalue weighted by atomic mass is 32.1. The molecule has 1 aliphatic heterocycles. The van der Waals surface area contributed by atoms with Crippen LogP contribution in [0, 0.1) is 0 Å². The largest absolute Gasteiger partial charge is 0.335 e. The molecule has 0 unspecified atom stereocenters. The fourth-order valence-corrected chi connectivity index (χ4v) is 5.26. The van der Waals surface area contributed by atoms with Gasteiger partial charge in [0.15, 0.2) is 5.69 Å². The molecule has 5 heterocycles. The van der Waals surface area contributed by atoms with Gasteiger partial charge in [0.2, 0.25) is 0 Å². The molecule has 1 saturated heterocycles. The monoisotopic (exact) mass is 483 g/mol. The minimum Gasteiger partial charge on any atom is -0.335 e. The Hall–Kier alpha value is -4.02. The van der Waals surface area contributed by atoms with Crippen LogP contribution in [0.3, 0.4) is 0 Å². The van der Waals surface area contributed by atoms with Crippen LogP contribution in [0.1, 0.15) is 16.2 Å². The van der Waals surface area contributed by atoms with E-state index in [2.05, 4.69) is 24.8 Å². The van der Waals surface area contributed by atoms with Gasteiger partial charge in [-0.25, -0.2) is 19.9 Å². The van der Waals surface area contributed by atoms with Gasteiger partial charge in [-0.15, -0.1) is 11.3 Å². The molecule has 1 aliphatic rings. The Balaban J connectivity index is 1.17. The van der Waals surface area contributed by atoms with E-state index in [-0.39, 0.29) is 11.5 Å². The average Bonchev–Trinajstić information content (AvgIpc) is 3.33. The molecule has 10 heteroatoms. The minimum atomic E-state index is -0.144. The number of hydrogen-bond donors (Lipinski definition) is 0. The van der Waals surface area contributed by atoms with E-state index in [0.29, 0.717) is 54.8 Å². The van der Waals surface area contributed by atoms with Crippen LogP contribution in [0.2, 0.25) is 0 Å². The van der Waals surface area contributed by atoms with Crippen molar-refractivity contribution in [1.82, 2.24) is 34.1 Å². The van der Waals surface area contributed by atoms with Crippen molar-refractivity contribution in [3.05, 3.63) is 88.9 Å². The molecule has 0 aliphatic carbocycles. The van der Waals surface area contributed by atoms with Gasteiger partial charge in [0.05, 0.1) is 15.9 Å². The van der Waals surface area contributed by atoms with E-state index < -0.39 is 0 Å². The van der Waals surface area contributed by atoms with Gasteiger partial charge in [-0.05, 0) is 24.3 Å². The number of pyridine rings is 1. The number of carbonyl (C=O) groups excluding carboxylic acids is 1. The zero-order chi connectivity index (χ0) is 23.8. The first-order valence-corrected chi connectivity index (χ1v) is 12.1. The van der Waals surface area contributed by atoms with Gasteiger partial charge < -0.3 is 4.90 Å². The SMILES string of the molecule is O=C(c1nccnc1-c1nc2ccccc2s1)N1CCN(Cc2cc(=O)n3ccccc3n2)CC1. The van der Waals surface area contributed by atoms with Gasteiger partial charge in [-0.2, -0.15) is 0 Å². The first kappa shape index (κ1) is 21.5. The van der Waals surface area contributed by atoms with Crippen LogP contribution in [-0.2, 0) is 6.54 Å². The summed E-state index contributed by atoms with van der Waals surface area (Å²) < 4.78 is 2.58. The van der Waals surface area contributed by atoms with E-state index in [1.54, 1.807) is 29.6 Å². The number of thiazole rings is 1. The Bertz CT molecular complexity index is 1570. The van der Waals surface area contributed by atoms with Crippen molar-refractivity contribution in [3.63, 3.8) is 0 Å². The minimum absolute atomic E-state index is 0.0931. The Kier molecular flexibility index (Phi) is 5.51. The summed E-state index contributed by atoms with van der Waals surface area (Å²) in [5.41, 5.74) is 2.99. The maximum Gasteiger partial charge on any atom is 0.274 e. The molecule has 0 radical (unpaired) electrons. The summed E-state index contributed by atoms with van der Waals surface area (Å²) >= 11 is 1.51. The van der Waals surface area contributed by atoms with Gasteiger partial charge in [0, 0.05) is 57.4 Å². The smallest absolute Gasteiger partial charge is 0.274 e. The maximum atomic E-state index is 13.4. The van der Waals surface area contributed by atoms with Gasteiger partial charge in [-0.1, -0.05) is 18.2 Å². The lowest BCUT2D eigenvalue weighted by molar-refractivity contribution is 0.0622. The van der Waals surface area contributed by atoms with E-state index in [1.165, 1.54) is 15.7 Å². The first-order valence-electron chi connectivity index (χ1n) is 11.3. The number of carbonyl (C=O) groups is 1. The summed E-state index contributed by atoms with van der Waals surface area (Å²) in [5, 5.41) is 0.690. The number of nitrogens with zero attached hydrogens (tertiary/aromatic N) is 7. The fourth-order valence-electron chi connectivity index (χ4n) is 4.30. The number of piperazine rings is 1. The van der Waals surface area contributed by atoms with Gasteiger partial charge >= 0.3 is 0 Å². The standard InChI is InChI=1S/C25H21N7O2S/c33-21-15-17(28-20-7-3-4-10-32(20)21)16-30-11-13-31(14-12-30)25(34)23-22(26-8-9-27-23)24-29-18-5-1-2-6-19(18)35-24/h1-10,15H,11-14,16H2. The summed E-state index contributed by atoms with van der Waals surface area (Å²) in [6.45, 7) is 3.03. The van der Waals surface area contributed by atoms with Crippen molar-refractivity contribution in [1.29, 1.82) is 0 Å². The van der Waals surface area contributed by atoms with Crippen molar-refractivity contribution in [2.75, 3.05) is 26.2 Å². The average molecular weight is 484 g/mol. The second-order valence-electron chi connectivity index (χ2n) is 8.32. The number of rotatable bonds is 4. The van der Waals surface area contributed by atoms with Crippen LogP contribution < -0.4 is 5.56 Å². The molecule has 5 aromatic rings. The van der Waals surface area contributed by atoms with Crippen molar-refractivity contribution >= 4 is 33.1 Å². The van der Waals surface area contributed by atoms with Crippen molar-refractivity contribution in [3.8, 4) is 10.7 Å². The molecule has 1 aromatic carbocycles. The van der Waals surface area contributed by atoms with Crippen LogP contribution in [0.15, 0.2) is 71.9 Å². The molecule has 6 rings (SSSR count). The number of para-hydroxylation sites is 1. The fraction of sp³-hybridized carbons (Fsp3) is 0.200. The molecule has 0 atom stereocenters. The van der Waals surface area contributed by atoms with E-state index >= 15 is 0 Å². The third kappa shape index (κ3) is 4.17. The van der Waals surface area contributed by atoms with Gasteiger partial charge in [0.1, 0.15) is 16.3 Å². The Morgan fingerprint density at radius 2 is 1.74 bits per heavy atom. The van der Waals surface area contributed by atoms with Crippen LogP contribution in [0.5, 0.6) is 0 Å². The molecule has 174 valence electrons. The van der Waals surface area contributed by atoms with E-state index in [1.807, 2.05) is 42.5 Å². The van der Waals surface area contributed by atoms with Crippen LogP contribution in [0.25, 0.3) is 26.6 Å². The Morgan fingerprint density at radius 1 is 0.943 bits per heavy atom. The van der Waals surface area contributed by atoms with Gasteiger partial charge in [0.25, 0.3) is 11.5 Å². The second kappa shape index (κ2) is 8.97. The molecule has 0 bridgehead atoms. The summed E-state index contributed by atoms with van der Waals surface area (Å²) in [4.78, 5) is 47.9. The lowest BCUT2D eigenvalue weighted by atomic mass is 10.2. The van der Waals surface area contributed by atoms with E-state index in [0.717, 1.165) is 15.9 Å². The Morgan fingerprint density at radius 3 is 2.60 bits per heavy atom. The summed E-state index contributed by atoms with van der Waals surface area (Å²) in [6.07, 6.45) is 4.85. The number of benzene rings is 1. The number of fused-ring (bicyclic) bond motifs is 2. The van der Waals surface area contributed by atoms with Gasteiger partial charge in [-0.3, -0.25) is 18.9 Å². The highest BCUT2D eigenvalue weighted by molar-refractivity contribution is 7.21. The Labute approximate surface area is 204 Å². The number of aromatic nitrogens is 5. The number of hydrogen-bond acceptors (Lipinski definition) is 8. The maximum absolute atomic E-state index is 13.4. The topological polar surface area (TPSA) is 96.6 Å². The van der Waals surface area contributed by atoms with E-state index in [9.17, 15) is 9.59 Å². The molecule has 9 nitrogen and oxygen atoms in total. The van der Waals surface area contributed by atoms with E-state index in [4.69, 9.17) is 0 Å². The van der Waals surface area contributed by atoms with Crippen molar-refractivity contribution in [2.24, 2.45) is 0 Å². The molecule has 4 aromatic heterocycles. The third-order valence-corrected chi connectivity index (χ3v) is 7.11. The van der Waals surface area contributed by atoms with Crippen LogP contribution in [-0.4, -0.2) is 66.2 Å². The van der Waals surface area contributed by atoms with Crippen molar-refractivity contribution < 1.29 is 4.79 Å². The molecule has 1 amide bonds. The molecule has 0 saturated carbocycles. The zero-order valence-electron chi connectivity index (χ0n) is 18.7. The second-order valence-corrected chi connectivity index (χ2v) is 9.35. The molecular formula is C25H21N7O2S. The lowest BCUT2D eigenvalue weighted by Crippen LogP contribution is -2.48. The normalized spacial score (nSPS) is 14.6. The molecule has 35 heavy (non-hydrogen) atoms. The van der Waals surface area contributed by atoms with Crippen molar-refractivity contribution in [2.45, 2.75) is 6.54 Å². The lowest BCUT2D eigenvalue weighted by Gasteiger charge is -2.34. The highest BCUT2D eigenvalue weighted by Crippen LogP contribution is 2.30. The van der Waals surface area contributed by atoms with Crippen LogP contribution >= 0.6 is 11.3 Å². The summed E-state index contributed by atoms with van der Waals surface area (Å²) in [5.74, 6) is -0.144. The van der Waals surface area contributed by atoms with Crippen LogP contribution in [0.4, 0.5) is 0 Å². The first-order chi connectivity index (χ1) is 17.2. The molecule has 0 N–H and O–H groups in total. The molecule has 0 spiro atoms.